The third-order valence-electron chi connectivity index (χ3n) is 3.90. The van der Waals surface area contributed by atoms with E-state index in [1.54, 1.807) is 0 Å². The molecule has 0 amide bonds. The lowest BCUT2D eigenvalue weighted by Crippen LogP contribution is -2.23. The van der Waals surface area contributed by atoms with Gasteiger partial charge in [-0.05, 0) is 57.5 Å². The number of hydrogen-bond donors (Lipinski definition) is 1. The number of aromatic nitrogens is 1. The highest BCUT2D eigenvalue weighted by atomic mass is 15.1. The largest absolute Gasteiger partial charge is 0.330 e. The van der Waals surface area contributed by atoms with Crippen molar-refractivity contribution in [2.24, 2.45) is 11.7 Å². The molecule has 0 saturated carbocycles. The maximum Gasteiger partial charge on any atom is 0.0416 e. The van der Waals surface area contributed by atoms with Crippen LogP contribution in [-0.2, 0) is 6.42 Å². The van der Waals surface area contributed by atoms with Crippen molar-refractivity contribution in [2.75, 3.05) is 26.7 Å². The Hall–Kier alpha value is -0.930. The van der Waals surface area contributed by atoms with E-state index in [1.807, 2.05) is 12.3 Å². The van der Waals surface area contributed by atoms with E-state index < -0.39 is 0 Å². The highest BCUT2D eigenvalue weighted by Crippen LogP contribution is 2.17. The standard InChI is InChI=1S/C17H31N3/c1-3-7-16(10-12-18)8-6-14-20(2)15-11-17-9-4-5-13-19-17/h4-5,9,13,16H,3,6-8,10-12,14-15,18H2,1-2H3. The summed E-state index contributed by atoms with van der Waals surface area (Å²) in [5, 5.41) is 0. The van der Waals surface area contributed by atoms with Crippen LogP contribution in [0.2, 0.25) is 0 Å². The maximum atomic E-state index is 5.69. The first-order chi connectivity index (χ1) is 9.76. The fraction of sp³-hybridized carbons (Fsp3) is 0.706. The Labute approximate surface area is 124 Å². The van der Waals surface area contributed by atoms with Gasteiger partial charge in [-0.1, -0.05) is 25.8 Å². The molecule has 0 aromatic carbocycles. The van der Waals surface area contributed by atoms with E-state index in [0.717, 1.165) is 25.4 Å². The van der Waals surface area contributed by atoms with E-state index >= 15 is 0 Å². The van der Waals surface area contributed by atoms with Gasteiger partial charge in [-0.2, -0.15) is 0 Å². The first-order valence-corrected chi connectivity index (χ1v) is 8.04. The topological polar surface area (TPSA) is 42.1 Å². The molecule has 1 rings (SSSR count). The Kier molecular flexibility index (Phi) is 9.25. The van der Waals surface area contributed by atoms with Crippen molar-refractivity contribution in [3.8, 4) is 0 Å². The second-order valence-corrected chi connectivity index (χ2v) is 5.75. The Morgan fingerprint density at radius 1 is 1.20 bits per heavy atom. The molecule has 0 spiro atoms. The first-order valence-electron chi connectivity index (χ1n) is 8.04. The highest BCUT2D eigenvalue weighted by molar-refractivity contribution is 5.03. The molecule has 114 valence electrons. The van der Waals surface area contributed by atoms with Gasteiger partial charge in [0.2, 0.25) is 0 Å². The molecular weight excluding hydrogens is 246 g/mol. The molecule has 1 atom stereocenters. The van der Waals surface area contributed by atoms with Crippen LogP contribution in [0.3, 0.4) is 0 Å². The van der Waals surface area contributed by atoms with Crippen LogP contribution in [0.4, 0.5) is 0 Å². The predicted octanol–water partition coefficient (Wildman–Crippen LogP) is 3.10. The number of hydrogen-bond acceptors (Lipinski definition) is 3. The fourth-order valence-corrected chi connectivity index (χ4v) is 2.69. The first kappa shape index (κ1) is 17.1. The lowest BCUT2D eigenvalue weighted by atomic mass is 9.94. The smallest absolute Gasteiger partial charge is 0.0416 e. The van der Waals surface area contributed by atoms with Gasteiger partial charge < -0.3 is 10.6 Å². The zero-order chi connectivity index (χ0) is 14.6. The number of pyridine rings is 1. The van der Waals surface area contributed by atoms with Crippen molar-refractivity contribution in [1.29, 1.82) is 0 Å². The molecule has 0 aliphatic heterocycles. The highest BCUT2D eigenvalue weighted by Gasteiger charge is 2.07. The van der Waals surface area contributed by atoms with E-state index in [-0.39, 0.29) is 0 Å². The Balaban J connectivity index is 2.14. The molecule has 1 unspecified atom stereocenters. The minimum atomic E-state index is 0.828. The van der Waals surface area contributed by atoms with Gasteiger partial charge in [0.15, 0.2) is 0 Å². The van der Waals surface area contributed by atoms with Crippen molar-refractivity contribution in [3.63, 3.8) is 0 Å². The summed E-state index contributed by atoms with van der Waals surface area (Å²) in [5.41, 5.74) is 6.87. The van der Waals surface area contributed by atoms with Gasteiger partial charge in [-0.25, -0.2) is 0 Å². The summed E-state index contributed by atoms with van der Waals surface area (Å²) in [4.78, 5) is 6.78. The molecule has 0 fully saturated rings. The Morgan fingerprint density at radius 2 is 2.05 bits per heavy atom. The number of likely N-dealkylation sites (N-methyl/N-ethyl adjacent to an activating group) is 1. The van der Waals surface area contributed by atoms with Crippen molar-refractivity contribution in [2.45, 2.75) is 45.4 Å². The van der Waals surface area contributed by atoms with Crippen LogP contribution in [-0.4, -0.2) is 36.6 Å². The molecule has 2 N–H and O–H groups in total. The van der Waals surface area contributed by atoms with Gasteiger partial charge >= 0.3 is 0 Å². The van der Waals surface area contributed by atoms with Gasteiger partial charge in [-0.3, -0.25) is 4.98 Å². The van der Waals surface area contributed by atoms with Crippen molar-refractivity contribution < 1.29 is 0 Å². The van der Waals surface area contributed by atoms with Gasteiger partial charge in [0.05, 0.1) is 0 Å². The normalized spacial score (nSPS) is 12.8. The van der Waals surface area contributed by atoms with Gasteiger partial charge in [0.25, 0.3) is 0 Å². The van der Waals surface area contributed by atoms with Crippen LogP contribution in [0.25, 0.3) is 0 Å². The summed E-state index contributed by atoms with van der Waals surface area (Å²) >= 11 is 0. The molecule has 1 aromatic heterocycles. The lowest BCUT2D eigenvalue weighted by Gasteiger charge is -2.19. The van der Waals surface area contributed by atoms with Crippen LogP contribution in [0.5, 0.6) is 0 Å². The molecule has 3 heteroatoms. The maximum absolute atomic E-state index is 5.69. The SMILES string of the molecule is CCCC(CCN)CCCN(C)CCc1ccccn1. The summed E-state index contributed by atoms with van der Waals surface area (Å²) in [6, 6.07) is 6.13. The molecule has 0 saturated heterocycles. The third-order valence-corrected chi connectivity index (χ3v) is 3.90. The van der Waals surface area contributed by atoms with E-state index in [9.17, 15) is 0 Å². The summed E-state index contributed by atoms with van der Waals surface area (Å²) in [6.45, 7) is 5.37. The zero-order valence-corrected chi connectivity index (χ0v) is 13.2. The molecule has 0 bridgehead atoms. The summed E-state index contributed by atoms with van der Waals surface area (Å²) in [5.74, 6) is 0.828. The molecule has 0 radical (unpaired) electrons. The van der Waals surface area contributed by atoms with Crippen molar-refractivity contribution in [1.82, 2.24) is 9.88 Å². The molecule has 0 aliphatic rings. The van der Waals surface area contributed by atoms with E-state index in [4.69, 9.17) is 5.73 Å². The summed E-state index contributed by atoms with van der Waals surface area (Å²) < 4.78 is 0. The molecular formula is C17H31N3. The van der Waals surface area contributed by atoms with Crippen LogP contribution in [0.1, 0.15) is 44.7 Å². The molecule has 3 nitrogen and oxygen atoms in total. The van der Waals surface area contributed by atoms with Crippen molar-refractivity contribution in [3.05, 3.63) is 30.1 Å². The van der Waals surface area contributed by atoms with Gasteiger partial charge in [0.1, 0.15) is 0 Å². The zero-order valence-electron chi connectivity index (χ0n) is 13.2. The lowest BCUT2D eigenvalue weighted by molar-refractivity contribution is 0.306. The molecule has 20 heavy (non-hydrogen) atoms. The van der Waals surface area contributed by atoms with Crippen LogP contribution in [0.15, 0.2) is 24.4 Å². The third kappa shape index (κ3) is 7.61. The number of nitrogens with zero attached hydrogens (tertiary/aromatic N) is 2. The average Bonchev–Trinajstić information content (AvgIpc) is 2.47. The fourth-order valence-electron chi connectivity index (χ4n) is 2.69. The summed E-state index contributed by atoms with van der Waals surface area (Å²) in [6.07, 6.45) is 9.30. The van der Waals surface area contributed by atoms with Gasteiger partial charge in [-0.15, -0.1) is 0 Å². The second-order valence-electron chi connectivity index (χ2n) is 5.75. The van der Waals surface area contributed by atoms with Crippen LogP contribution in [0, 0.1) is 5.92 Å². The van der Waals surface area contributed by atoms with Crippen LogP contribution >= 0.6 is 0 Å². The molecule has 1 heterocycles. The minimum Gasteiger partial charge on any atom is -0.330 e. The molecule has 0 aliphatic carbocycles. The number of nitrogens with two attached hydrogens (primary N) is 1. The quantitative estimate of drug-likeness (QED) is 0.676. The molecule has 1 aromatic rings. The van der Waals surface area contributed by atoms with E-state index in [2.05, 4.69) is 36.0 Å². The van der Waals surface area contributed by atoms with E-state index in [0.29, 0.717) is 0 Å². The Bertz CT molecular complexity index is 320. The monoisotopic (exact) mass is 277 g/mol. The van der Waals surface area contributed by atoms with Gasteiger partial charge in [0, 0.05) is 24.9 Å². The van der Waals surface area contributed by atoms with E-state index in [1.165, 1.54) is 44.3 Å². The minimum absolute atomic E-state index is 0.828. The Morgan fingerprint density at radius 3 is 2.70 bits per heavy atom. The predicted molar refractivity (Wildman–Crippen MR) is 86.7 cm³/mol. The average molecular weight is 277 g/mol. The number of rotatable bonds is 11. The summed E-state index contributed by atoms with van der Waals surface area (Å²) in [7, 11) is 2.21. The van der Waals surface area contributed by atoms with Crippen LogP contribution < -0.4 is 5.73 Å². The van der Waals surface area contributed by atoms with Crippen molar-refractivity contribution >= 4 is 0 Å². The second kappa shape index (κ2) is 10.8.